The minimum Gasteiger partial charge on any atom is -0.399 e. The molecular formula is C13H16BNO2S. The summed E-state index contributed by atoms with van der Waals surface area (Å²) >= 11 is 1.47. The summed E-state index contributed by atoms with van der Waals surface area (Å²) in [5.74, 6) is 0. The Hall–Kier alpha value is -0.905. The molecule has 0 aliphatic carbocycles. The standard InChI is InChI=1S/C13H16BNO2S/c1-12(2)13(3,4)17-14(16-12)10-6-5-9-8-18-15-11(9)7-10/h5-8H,1-4H3. The van der Waals surface area contributed by atoms with Crippen molar-refractivity contribution in [2.45, 2.75) is 38.9 Å². The first kappa shape index (κ1) is 12.1. The highest BCUT2D eigenvalue weighted by Crippen LogP contribution is 2.36. The molecule has 1 aliphatic heterocycles. The number of hydrogen-bond acceptors (Lipinski definition) is 4. The molecule has 5 heteroatoms. The molecular weight excluding hydrogens is 245 g/mol. The lowest BCUT2D eigenvalue weighted by molar-refractivity contribution is 0.00578. The molecule has 0 unspecified atom stereocenters. The van der Waals surface area contributed by atoms with Gasteiger partial charge in [-0.25, -0.2) is 0 Å². The van der Waals surface area contributed by atoms with E-state index in [1.165, 1.54) is 16.9 Å². The fraction of sp³-hybridized carbons (Fsp3) is 0.462. The van der Waals surface area contributed by atoms with Gasteiger partial charge in [0.05, 0.1) is 16.7 Å². The quantitative estimate of drug-likeness (QED) is 0.739. The summed E-state index contributed by atoms with van der Waals surface area (Å²) in [6.07, 6.45) is 0. The number of hydrogen-bond donors (Lipinski definition) is 0. The van der Waals surface area contributed by atoms with Crippen LogP contribution in [0, 0.1) is 0 Å². The molecule has 0 saturated carbocycles. The highest BCUT2D eigenvalue weighted by atomic mass is 32.1. The smallest absolute Gasteiger partial charge is 0.399 e. The SMILES string of the molecule is CC1(C)OB(c2ccc3csnc3c2)OC1(C)C. The maximum Gasteiger partial charge on any atom is 0.494 e. The van der Waals surface area contributed by atoms with Gasteiger partial charge in [-0.1, -0.05) is 12.1 Å². The Morgan fingerprint density at radius 2 is 1.78 bits per heavy atom. The lowest BCUT2D eigenvalue weighted by atomic mass is 9.79. The van der Waals surface area contributed by atoms with Crippen LogP contribution in [0.3, 0.4) is 0 Å². The van der Waals surface area contributed by atoms with Gasteiger partial charge in [0.2, 0.25) is 0 Å². The van der Waals surface area contributed by atoms with Gasteiger partial charge in [0.15, 0.2) is 0 Å². The number of fused-ring (bicyclic) bond motifs is 1. The van der Waals surface area contributed by atoms with Crippen LogP contribution in [-0.4, -0.2) is 22.7 Å². The molecule has 2 aromatic rings. The summed E-state index contributed by atoms with van der Waals surface area (Å²) < 4.78 is 16.4. The Kier molecular flexibility index (Phi) is 2.56. The Balaban J connectivity index is 1.96. The second kappa shape index (κ2) is 3.79. The maximum absolute atomic E-state index is 6.03. The van der Waals surface area contributed by atoms with Crippen LogP contribution in [-0.2, 0) is 9.31 Å². The molecule has 3 rings (SSSR count). The summed E-state index contributed by atoms with van der Waals surface area (Å²) in [4.78, 5) is 0. The summed E-state index contributed by atoms with van der Waals surface area (Å²) in [5.41, 5.74) is 1.45. The Bertz CT molecular complexity index is 577. The van der Waals surface area contributed by atoms with Gasteiger partial charge in [0, 0.05) is 10.8 Å². The molecule has 94 valence electrons. The predicted octanol–water partition coefficient (Wildman–Crippen LogP) is 2.60. The normalized spacial score (nSPS) is 21.7. The molecule has 0 spiro atoms. The first-order valence-electron chi connectivity index (χ1n) is 6.09. The third kappa shape index (κ3) is 1.78. The van der Waals surface area contributed by atoms with E-state index in [4.69, 9.17) is 9.31 Å². The van der Waals surface area contributed by atoms with Crippen molar-refractivity contribution < 1.29 is 9.31 Å². The minimum atomic E-state index is -0.305. The molecule has 0 amide bonds. The highest BCUT2D eigenvalue weighted by molar-refractivity contribution is 7.04. The first-order valence-corrected chi connectivity index (χ1v) is 6.92. The molecule has 1 saturated heterocycles. The molecule has 1 aromatic heterocycles. The van der Waals surface area contributed by atoms with Crippen LogP contribution in [0.5, 0.6) is 0 Å². The van der Waals surface area contributed by atoms with Crippen LogP contribution >= 0.6 is 11.5 Å². The summed E-state index contributed by atoms with van der Waals surface area (Å²) in [6.45, 7) is 8.26. The third-order valence-electron chi connectivity index (χ3n) is 3.91. The molecule has 0 radical (unpaired) electrons. The molecule has 1 fully saturated rings. The first-order chi connectivity index (χ1) is 8.39. The van der Waals surface area contributed by atoms with Crippen molar-refractivity contribution in [2.24, 2.45) is 0 Å². The van der Waals surface area contributed by atoms with Crippen molar-refractivity contribution in [3.05, 3.63) is 23.6 Å². The zero-order chi connectivity index (χ0) is 13.0. The van der Waals surface area contributed by atoms with E-state index in [1.54, 1.807) is 0 Å². The van der Waals surface area contributed by atoms with Crippen LogP contribution in [0.1, 0.15) is 27.7 Å². The van der Waals surface area contributed by atoms with Crippen molar-refractivity contribution in [1.82, 2.24) is 4.37 Å². The van der Waals surface area contributed by atoms with Gasteiger partial charge in [-0.15, -0.1) is 0 Å². The Morgan fingerprint density at radius 3 is 2.44 bits per heavy atom. The van der Waals surface area contributed by atoms with Crippen LogP contribution in [0.2, 0.25) is 0 Å². The van der Waals surface area contributed by atoms with Crippen molar-refractivity contribution in [2.75, 3.05) is 0 Å². The predicted molar refractivity (Wildman–Crippen MR) is 75.3 cm³/mol. The summed E-state index contributed by atoms with van der Waals surface area (Å²) in [6, 6.07) is 6.17. The molecule has 1 aliphatic rings. The van der Waals surface area contributed by atoms with Gasteiger partial charge in [-0.2, -0.15) is 4.37 Å². The molecule has 0 bridgehead atoms. The van der Waals surface area contributed by atoms with E-state index < -0.39 is 0 Å². The molecule has 0 N–H and O–H groups in total. The fourth-order valence-electron chi connectivity index (χ4n) is 2.01. The van der Waals surface area contributed by atoms with Crippen LogP contribution in [0.4, 0.5) is 0 Å². The van der Waals surface area contributed by atoms with Crippen molar-refractivity contribution >= 4 is 35.0 Å². The largest absolute Gasteiger partial charge is 0.494 e. The van der Waals surface area contributed by atoms with Crippen LogP contribution in [0.15, 0.2) is 23.6 Å². The van der Waals surface area contributed by atoms with Gasteiger partial charge in [0.25, 0.3) is 0 Å². The van der Waals surface area contributed by atoms with Crippen molar-refractivity contribution in [3.8, 4) is 0 Å². The van der Waals surface area contributed by atoms with Gasteiger partial charge < -0.3 is 9.31 Å². The average molecular weight is 261 g/mol. The topological polar surface area (TPSA) is 31.4 Å². The van der Waals surface area contributed by atoms with Gasteiger partial charge in [0.1, 0.15) is 0 Å². The monoisotopic (exact) mass is 261 g/mol. The van der Waals surface area contributed by atoms with E-state index in [1.807, 2.05) is 11.4 Å². The molecule has 2 heterocycles. The van der Waals surface area contributed by atoms with Crippen LogP contribution < -0.4 is 5.46 Å². The van der Waals surface area contributed by atoms with Gasteiger partial charge in [-0.05, 0) is 50.8 Å². The lowest BCUT2D eigenvalue weighted by Crippen LogP contribution is -2.41. The van der Waals surface area contributed by atoms with E-state index in [-0.39, 0.29) is 18.3 Å². The molecule has 18 heavy (non-hydrogen) atoms. The van der Waals surface area contributed by atoms with Gasteiger partial charge >= 0.3 is 7.12 Å². The third-order valence-corrected chi connectivity index (χ3v) is 4.57. The van der Waals surface area contributed by atoms with E-state index in [0.29, 0.717) is 0 Å². The van der Waals surface area contributed by atoms with Gasteiger partial charge in [-0.3, -0.25) is 0 Å². The summed E-state index contributed by atoms with van der Waals surface area (Å²) in [7, 11) is -0.305. The number of aromatic nitrogens is 1. The number of nitrogens with zero attached hydrogens (tertiary/aromatic N) is 1. The van der Waals surface area contributed by atoms with Crippen molar-refractivity contribution in [3.63, 3.8) is 0 Å². The Morgan fingerprint density at radius 1 is 1.11 bits per heavy atom. The molecule has 3 nitrogen and oxygen atoms in total. The molecule has 1 aromatic carbocycles. The number of rotatable bonds is 1. The maximum atomic E-state index is 6.03. The van der Waals surface area contributed by atoms with E-state index in [9.17, 15) is 0 Å². The van der Waals surface area contributed by atoms with E-state index in [2.05, 4.69) is 44.2 Å². The zero-order valence-electron chi connectivity index (χ0n) is 11.1. The van der Waals surface area contributed by atoms with E-state index in [0.717, 1.165) is 11.0 Å². The Labute approximate surface area is 111 Å². The fourth-order valence-corrected chi connectivity index (χ4v) is 2.64. The molecule has 0 atom stereocenters. The second-order valence-electron chi connectivity index (χ2n) is 5.72. The average Bonchev–Trinajstić information content (AvgIpc) is 2.80. The number of benzene rings is 1. The highest BCUT2D eigenvalue weighted by Gasteiger charge is 2.51. The summed E-state index contributed by atoms with van der Waals surface area (Å²) in [5, 5.41) is 3.21. The van der Waals surface area contributed by atoms with Crippen LogP contribution in [0.25, 0.3) is 10.9 Å². The minimum absolute atomic E-state index is 0.297. The van der Waals surface area contributed by atoms with Crippen molar-refractivity contribution in [1.29, 1.82) is 0 Å². The second-order valence-corrected chi connectivity index (χ2v) is 6.35. The zero-order valence-corrected chi connectivity index (χ0v) is 11.9. The lowest BCUT2D eigenvalue weighted by Gasteiger charge is -2.32. The van der Waals surface area contributed by atoms with E-state index >= 15 is 0 Å².